The average Bonchev–Trinajstić information content (AvgIpc) is 2.23. The third-order valence-corrected chi connectivity index (χ3v) is 2.34. The number of carboxylic acids is 1. The molecule has 0 spiro atoms. The fourth-order valence-electron chi connectivity index (χ4n) is 1.35. The maximum atomic E-state index is 10.5. The maximum absolute atomic E-state index is 10.5. The normalized spacial score (nSPS) is 17.6. The smallest absolute Gasteiger partial charge is 0.337 e. The topological polar surface area (TPSA) is 76.0 Å². The lowest BCUT2D eigenvalue weighted by atomic mass is 10.1. The van der Waals surface area contributed by atoms with E-state index in [0.717, 1.165) is 0 Å². The van der Waals surface area contributed by atoms with Crippen molar-refractivity contribution < 1.29 is 24.5 Å². The van der Waals surface area contributed by atoms with Gasteiger partial charge in [0, 0.05) is 0 Å². The van der Waals surface area contributed by atoms with E-state index in [4.69, 9.17) is 14.6 Å². The highest BCUT2D eigenvalue weighted by Gasteiger charge is 2.20. The fraction of sp³-hybridized carbons (Fsp3) is 0.364. The van der Waals surface area contributed by atoms with E-state index >= 15 is 0 Å². The van der Waals surface area contributed by atoms with Crippen LogP contribution in [0.25, 0.3) is 0 Å². The summed E-state index contributed by atoms with van der Waals surface area (Å²) in [7, 11) is 0. The Balaban J connectivity index is 2.00. The number of carbonyl (C=O) groups is 1. The number of aliphatic hydroxyl groups is 1. The van der Waals surface area contributed by atoms with Crippen molar-refractivity contribution in [1.82, 2.24) is 0 Å². The minimum atomic E-state index is -1.49. The molecule has 0 aliphatic carbocycles. The molecule has 1 aromatic rings. The molecule has 0 saturated carbocycles. The monoisotopic (exact) mass is 224 g/mol. The number of aliphatic carboxylic acids is 1. The van der Waals surface area contributed by atoms with E-state index in [2.05, 4.69) is 0 Å². The number of hydrogen-bond donors (Lipinski definition) is 2. The van der Waals surface area contributed by atoms with Gasteiger partial charge in [-0.15, -0.1) is 0 Å². The first-order valence-electron chi connectivity index (χ1n) is 4.92. The van der Waals surface area contributed by atoms with Crippen LogP contribution in [0.5, 0.6) is 5.75 Å². The third kappa shape index (κ3) is 2.32. The van der Waals surface area contributed by atoms with E-state index in [9.17, 15) is 9.90 Å². The van der Waals surface area contributed by atoms with Crippen LogP contribution in [0.15, 0.2) is 24.3 Å². The van der Waals surface area contributed by atoms with Crippen molar-refractivity contribution in [3.8, 4) is 5.75 Å². The van der Waals surface area contributed by atoms with E-state index in [1.807, 2.05) is 0 Å². The van der Waals surface area contributed by atoms with Gasteiger partial charge in [0.25, 0.3) is 0 Å². The van der Waals surface area contributed by atoms with Crippen LogP contribution in [0, 0.1) is 0 Å². The summed E-state index contributed by atoms with van der Waals surface area (Å²) in [6.45, 7) is 1.17. The molecule has 1 saturated heterocycles. The van der Waals surface area contributed by atoms with Gasteiger partial charge in [-0.05, 0) is 17.7 Å². The van der Waals surface area contributed by atoms with E-state index in [1.165, 1.54) is 12.1 Å². The van der Waals surface area contributed by atoms with Gasteiger partial charge in [-0.1, -0.05) is 12.1 Å². The highest BCUT2D eigenvalue weighted by atomic mass is 16.6. The maximum Gasteiger partial charge on any atom is 0.337 e. The molecular formula is C11H12O5. The van der Waals surface area contributed by atoms with E-state index in [1.54, 1.807) is 12.1 Å². The van der Waals surface area contributed by atoms with Crippen LogP contribution in [-0.4, -0.2) is 35.5 Å². The van der Waals surface area contributed by atoms with Crippen LogP contribution < -0.4 is 4.74 Å². The second-order valence-corrected chi connectivity index (χ2v) is 3.59. The van der Waals surface area contributed by atoms with E-state index in [0.29, 0.717) is 24.5 Å². The van der Waals surface area contributed by atoms with Gasteiger partial charge in [0.2, 0.25) is 0 Å². The molecule has 0 radical (unpaired) electrons. The molecule has 1 fully saturated rings. The average molecular weight is 224 g/mol. The molecule has 0 amide bonds. The predicted octanol–water partition coefficient (Wildman–Crippen LogP) is 0.582. The molecule has 1 atom stereocenters. The number of benzene rings is 1. The molecule has 2 N–H and O–H groups in total. The summed E-state index contributed by atoms with van der Waals surface area (Å²) in [6.07, 6.45) is -1.41. The van der Waals surface area contributed by atoms with Gasteiger partial charge in [-0.3, -0.25) is 0 Å². The first-order valence-corrected chi connectivity index (χ1v) is 4.92. The third-order valence-electron chi connectivity index (χ3n) is 2.34. The lowest BCUT2D eigenvalue weighted by molar-refractivity contribution is -0.146. The molecule has 1 aromatic carbocycles. The van der Waals surface area contributed by atoms with Gasteiger partial charge in [0.1, 0.15) is 11.9 Å². The second kappa shape index (κ2) is 4.51. The van der Waals surface area contributed by atoms with Crippen LogP contribution in [0.1, 0.15) is 11.7 Å². The number of hydrogen-bond acceptors (Lipinski definition) is 4. The van der Waals surface area contributed by atoms with Gasteiger partial charge in [-0.25, -0.2) is 4.79 Å². The Labute approximate surface area is 92.2 Å². The quantitative estimate of drug-likeness (QED) is 0.782. The van der Waals surface area contributed by atoms with Gasteiger partial charge in [-0.2, -0.15) is 0 Å². The van der Waals surface area contributed by atoms with Gasteiger partial charge < -0.3 is 19.7 Å². The van der Waals surface area contributed by atoms with E-state index < -0.39 is 12.1 Å². The molecule has 2 rings (SSSR count). The van der Waals surface area contributed by atoms with Gasteiger partial charge >= 0.3 is 5.97 Å². The first-order chi connectivity index (χ1) is 7.66. The minimum Gasteiger partial charge on any atom is -0.486 e. The van der Waals surface area contributed by atoms with Crippen molar-refractivity contribution in [1.29, 1.82) is 0 Å². The van der Waals surface area contributed by atoms with Gasteiger partial charge in [0.15, 0.2) is 6.10 Å². The van der Waals surface area contributed by atoms with Crippen molar-refractivity contribution in [3.05, 3.63) is 29.8 Å². The molecule has 5 nitrogen and oxygen atoms in total. The van der Waals surface area contributed by atoms with Crippen molar-refractivity contribution in [3.63, 3.8) is 0 Å². The van der Waals surface area contributed by atoms with Crippen molar-refractivity contribution >= 4 is 5.97 Å². The van der Waals surface area contributed by atoms with Crippen LogP contribution in [0.4, 0.5) is 0 Å². The molecule has 1 aliphatic heterocycles. The highest BCUT2D eigenvalue weighted by molar-refractivity contribution is 5.74. The molecule has 0 bridgehead atoms. The Morgan fingerprint density at radius 2 is 2.00 bits per heavy atom. The zero-order valence-corrected chi connectivity index (χ0v) is 8.50. The van der Waals surface area contributed by atoms with Gasteiger partial charge in [0.05, 0.1) is 13.2 Å². The summed E-state index contributed by atoms with van der Waals surface area (Å²) in [4.78, 5) is 10.5. The van der Waals surface area contributed by atoms with Crippen LogP contribution in [-0.2, 0) is 9.53 Å². The molecule has 86 valence electrons. The molecule has 1 aliphatic rings. The summed E-state index contributed by atoms with van der Waals surface area (Å²) in [5, 5.41) is 17.9. The minimum absolute atomic E-state index is 0.0789. The van der Waals surface area contributed by atoms with Crippen molar-refractivity contribution in [2.75, 3.05) is 13.2 Å². The van der Waals surface area contributed by atoms with Crippen LogP contribution in [0.3, 0.4) is 0 Å². The lowest BCUT2D eigenvalue weighted by Crippen LogP contribution is -2.38. The SMILES string of the molecule is O=C(O)C(O)c1ccc(OC2COC2)cc1. The Hall–Kier alpha value is -1.59. The first kappa shape index (κ1) is 10.9. The molecule has 1 unspecified atom stereocenters. The Morgan fingerprint density at radius 1 is 1.38 bits per heavy atom. The van der Waals surface area contributed by atoms with Crippen molar-refractivity contribution in [2.24, 2.45) is 0 Å². The summed E-state index contributed by atoms with van der Waals surface area (Å²) in [5.41, 5.74) is 0.338. The molecular weight excluding hydrogens is 212 g/mol. The summed E-state index contributed by atoms with van der Waals surface area (Å²) < 4.78 is 10.4. The van der Waals surface area contributed by atoms with Crippen LogP contribution in [0.2, 0.25) is 0 Å². The van der Waals surface area contributed by atoms with E-state index in [-0.39, 0.29) is 6.10 Å². The Kier molecular flexibility index (Phi) is 3.07. The highest BCUT2D eigenvalue weighted by Crippen LogP contribution is 2.20. The second-order valence-electron chi connectivity index (χ2n) is 3.59. The standard InChI is InChI=1S/C11H12O5/c12-10(11(13)14)7-1-3-8(4-2-7)16-9-5-15-6-9/h1-4,9-10,12H,5-6H2,(H,13,14). The summed E-state index contributed by atoms with van der Waals surface area (Å²) in [6, 6.07) is 6.35. The lowest BCUT2D eigenvalue weighted by Gasteiger charge is -2.26. The Morgan fingerprint density at radius 3 is 2.44 bits per heavy atom. The predicted molar refractivity (Wildman–Crippen MR) is 54.3 cm³/mol. The molecule has 16 heavy (non-hydrogen) atoms. The molecule has 1 heterocycles. The zero-order valence-electron chi connectivity index (χ0n) is 8.50. The summed E-state index contributed by atoms with van der Waals surface area (Å²) >= 11 is 0. The number of carboxylic acid groups (broad SMARTS) is 1. The van der Waals surface area contributed by atoms with Crippen LogP contribution >= 0.6 is 0 Å². The number of ether oxygens (including phenoxy) is 2. The number of aliphatic hydroxyl groups excluding tert-OH is 1. The summed E-state index contributed by atoms with van der Waals surface area (Å²) in [5.74, 6) is -0.615. The fourth-order valence-corrected chi connectivity index (χ4v) is 1.35. The Bertz CT molecular complexity index is 368. The van der Waals surface area contributed by atoms with Crippen molar-refractivity contribution in [2.45, 2.75) is 12.2 Å². The zero-order chi connectivity index (χ0) is 11.5. The largest absolute Gasteiger partial charge is 0.486 e. The molecule has 0 aromatic heterocycles. The molecule has 5 heteroatoms. The number of rotatable bonds is 4.